The first-order chi connectivity index (χ1) is 9.03. The van der Waals surface area contributed by atoms with Crippen molar-refractivity contribution < 1.29 is 13.2 Å². The van der Waals surface area contributed by atoms with Gasteiger partial charge in [-0.25, -0.2) is 13.1 Å². The minimum absolute atomic E-state index is 0.195. The Morgan fingerprint density at radius 2 is 2.00 bits per heavy atom. The Morgan fingerprint density at radius 3 is 2.58 bits per heavy atom. The van der Waals surface area contributed by atoms with E-state index in [-0.39, 0.29) is 5.75 Å². The Labute approximate surface area is 115 Å². The van der Waals surface area contributed by atoms with Crippen LogP contribution in [0.1, 0.15) is 38.2 Å². The molecule has 0 spiro atoms. The van der Waals surface area contributed by atoms with Crippen LogP contribution in [0.15, 0.2) is 24.3 Å². The van der Waals surface area contributed by atoms with Crippen LogP contribution in [0.5, 0.6) is 5.75 Å². The maximum atomic E-state index is 12.1. The van der Waals surface area contributed by atoms with E-state index in [0.717, 1.165) is 30.6 Å². The molecular weight excluding hydrogens is 262 g/mol. The van der Waals surface area contributed by atoms with Crippen LogP contribution >= 0.6 is 0 Å². The van der Waals surface area contributed by atoms with Crippen molar-refractivity contribution in [1.82, 2.24) is 4.72 Å². The smallest absolute Gasteiger partial charge is 0.212 e. The molecule has 0 radical (unpaired) electrons. The standard InChI is InChI=1S/C14H21NO3S/c1-3-4-11-19(16,17)15-14(9-10-14)12-7-5-6-8-13(12)18-2/h5-8,15H,3-4,9-11H2,1-2H3. The van der Waals surface area contributed by atoms with E-state index < -0.39 is 15.6 Å². The molecule has 1 aliphatic carbocycles. The first-order valence-corrected chi connectivity index (χ1v) is 8.33. The molecule has 0 aromatic heterocycles. The minimum atomic E-state index is -3.22. The fourth-order valence-electron chi connectivity index (χ4n) is 2.27. The van der Waals surface area contributed by atoms with Gasteiger partial charge in [-0.2, -0.15) is 0 Å². The third kappa shape index (κ3) is 3.28. The molecule has 0 heterocycles. The van der Waals surface area contributed by atoms with E-state index in [0.29, 0.717) is 6.42 Å². The van der Waals surface area contributed by atoms with Gasteiger partial charge in [0.2, 0.25) is 10.0 Å². The van der Waals surface area contributed by atoms with Gasteiger partial charge >= 0.3 is 0 Å². The van der Waals surface area contributed by atoms with Gasteiger partial charge in [0, 0.05) is 5.56 Å². The topological polar surface area (TPSA) is 55.4 Å². The molecule has 0 bridgehead atoms. The number of hydrogen-bond donors (Lipinski definition) is 1. The molecule has 1 fully saturated rings. The zero-order valence-corrected chi connectivity index (χ0v) is 12.3. The second-order valence-corrected chi connectivity index (χ2v) is 6.90. The van der Waals surface area contributed by atoms with Gasteiger partial charge in [-0.3, -0.25) is 0 Å². The molecule has 1 aromatic rings. The summed E-state index contributed by atoms with van der Waals surface area (Å²) in [5.41, 5.74) is 0.497. The number of nitrogens with one attached hydrogen (secondary N) is 1. The Hall–Kier alpha value is -1.07. The number of sulfonamides is 1. The molecule has 1 aromatic carbocycles. The Balaban J connectivity index is 2.20. The summed E-state index contributed by atoms with van der Waals surface area (Å²) in [7, 11) is -1.61. The molecule has 0 unspecified atom stereocenters. The summed E-state index contributed by atoms with van der Waals surface area (Å²) in [6.07, 6.45) is 3.23. The molecule has 106 valence electrons. The van der Waals surface area contributed by atoms with Crippen LogP contribution in [0.25, 0.3) is 0 Å². The number of methoxy groups -OCH3 is 1. The van der Waals surface area contributed by atoms with Gasteiger partial charge in [0.05, 0.1) is 18.4 Å². The summed E-state index contributed by atoms with van der Waals surface area (Å²) in [6.45, 7) is 1.99. The van der Waals surface area contributed by atoms with Crippen LogP contribution in [0.4, 0.5) is 0 Å². The quantitative estimate of drug-likeness (QED) is 0.836. The van der Waals surface area contributed by atoms with Gasteiger partial charge in [0.15, 0.2) is 0 Å². The summed E-state index contributed by atoms with van der Waals surface area (Å²) in [5, 5.41) is 0. The average Bonchev–Trinajstić information content (AvgIpc) is 3.16. The van der Waals surface area contributed by atoms with Gasteiger partial charge in [-0.15, -0.1) is 0 Å². The lowest BCUT2D eigenvalue weighted by molar-refractivity contribution is 0.401. The first-order valence-electron chi connectivity index (χ1n) is 6.68. The van der Waals surface area contributed by atoms with Gasteiger partial charge in [0.1, 0.15) is 5.75 Å². The van der Waals surface area contributed by atoms with E-state index in [1.807, 2.05) is 31.2 Å². The minimum Gasteiger partial charge on any atom is -0.496 e. The highest BCUT2D eigenvalue weighted by Gasteiger charge is 2.48. The fourth-order valence-corrected chi connectivity index (χ4v) is 3.95. The van der Waals surface area contributed by atoms with Crippen LogP contribution < -0.4 is 9.46 Å². The van der Waals surface area contributed by atoms with Crippen LogP contribution in [0, 0.1) is 0 Å². The molecule has 1 N–H and O–H groups in total. The van der Waals surface area contributed by atoms with E-state index in [1.165, 1.54) is 0 Å². The second-order valence-electron chi connectivity index (χ2n) is 5.06. The molecule has 19 heavy (non-hydrogen) atoms. The van der Waals surface area contributed by atoms with Crippen molar-refractivity contribution in [2.24, 2.45) is 0 Å². The zero-order valence-electron chi connectivity index (χ0n) is 11.5. The van der Waals surface area contributed by atoms with E-state index >= 15 is 0 Å². The molecule has 0 amide bonds. The lowest BCUT2D eigenvalue weighted by Gasteiger charge is -2.20. The van der Waals surface area contributed by atoms with Crippen molar-refractivity contribution in [1.29, 1.82) is 0 Å². The van der Waals surface area contributed by atoms with Crippen molar-refractivity contribution in [2.75, 3.05) is 12.9 Å². The number of ether oxygens (including phenoxy) is 1. The number of hydrogen-bond acceptors (Lipinski definition) is 3. The van der Waals surface area contributed by atoms with E-state index in [2.05, 4.69) is 4.72 Å². The molecule has 0 atom stereocenters. The number of unbranched alkanes of at least 4 members (excludes halogenated alkanes) is 1. The maximum absolute atomic E-state index is 12.1. The fraction of sp³-hybridized carbons (Fsp3) is 0.571. The van der Waals surface area contributed by atoms with Crippen molar-refractivity contribution >= 4 is 10.0 Å². The molecular formula is C14H21NO3S. The molecule has 4 nitrogen and oxygen atoms in total. The van der Waals surface area contributed by atoms with Gasteiger partial charge < -0.3 is 4.74 Å². The number of rotatable bonds is 7. The van der Waals surface area contributed by atoms with Crippen molar-refractivity contribution in [3.8, 4) is 5.75 Å². The van der Waals surface area contributed by atoms with Crippen molar-refractivity contribution in [3.63, 3.8) is 0 Å². The predicted molar refractivity (Wildman–Crippen MR) is 75.7 cm³/mol. The van der Waals surface area contributed by atoms with Crippen molar-refractivity contribution in [3.05, 3.63) is 29.8 Å². The molecule has 0 saturated heterocycles. The third-order valence-corrected chi connectivity index (χ3v) is 5.02. The van der Waals surface area contributed by atoms with E-state index in [1.54, 1.807) is 7.11 Å². The van der Waals surface area contributed by atoms with Gasteiger partial charge in [0.25, 0.3) is 0 Å². The monoisotopic (exact) mass is 283 g/mol. The molecule has 5 heteroatoms. The van der Waals surface area contributed by atoms with Gasteiger partial charge in [-0.05, 0) is 25.3 Å². The normalized spacial score (nSPS) is 17.2. The molecule has 1 saturated carbocycles. The second kappa shape index (κ2) is 5.51. The molecule has 2 rings (SSSR count). The lowest BCUT2D eigenvalue weighted by Crippen LogP contribution is -2.36. The summed E-state index contributed by atoms with van der Waals surface area (Å²) < 4.78 is 32.3. The predicted octanol–water partition coefficient (Wildman–Crippen LogP) is 2.40. The van der Waals surface area contributed by atoms with Crippen molar-refractivity contribution in [2.45, 2.75) is 38.1 Å². The van der Waals surface area contributed by atoms with E-state index in [4.69, 9.17) is 4.74 Å². The van der Waals surface area contributed by atoms with Crippen LogP contribution in [-0.2, 0) is 15.6 Å². The summed E-state index contributed by atoms with van der Waals surface area (Å²) in [4.78, 5) is 0. The third-order valence-electron chi connectivity index (χ3n) is 3.49. The lowest BCUT2D eigenvalue weighted by atomic mass is 10.1. The largest absolute Gasteiger partial charge is 0.496 e. The number of para-hydroxylation sites is 1. The highest BCUT2D eigenvalue weighted by atomic mass is 32.2. The Bertz CT molecular complexity index is 535. The Morgan fingerprint density at radius 1 is 1.32 bits per heavy atom. The Kier molecular flexibility index (Phi) is 4.16. The SMILES string of the molecule is CCCCS(=O)(=O)NC1(c2ccccc2OC)CC1. The average molecular weight is 283 g/mol. The maximum Gasteiger partial charge on any atom is 0.212 e. The van der Waals surface area contributed by atoms with Crippen LogP contribution in [0.2, 0.25) is 0 Å². The highest BCUT2D eigenvalue weighted by Crippen LogP contribution is 2.49. The van der Waals surface area contributed by atoms with Crippen LogP contribution in [-0.4, -0.2) is 21.3 Å². The first kappa shape index (κ1) is 14.3. The van der Waals surface area contributed by atoms with Gasteiger partial charge in [-0.1, -0.05) is 31.5 Å². The summed E-state index contributed by atoms with van der Waals surface area (Å²) >= 11 is 0. The van der Waals surface area contributed by atoms with Crippen LogP contribution in [0.3, 0.4) is 0 Å². The molecule has 0 aliphatic heterocycles. The van der Waals surface area contributed by atoms with E-state index in [9.17, 15) is 8.42 Å². The highest BCUT2D eigenvalue weighted by molar-refractivity contribution is 7.89. The number of benzene rings is 1. The summed E-state index contributed by atoms with van der Waals surface area (Å²) in [5.74, 6) is 0.943. The molecule has 1 aliphatic rings. The summed E-state index contributed by atoms with van der Waals surface area (Å²) in [6, 6.07) is 7.62. The zero-order chi connectivity index (χ0) is 13.9.